The number of benzene rings is 2. The Bertz CT molecular complexity index is 1490. The van der Waals surface area contributed by atoms with Gasteiger partial charge in [0.05, 0.1) is 16.7 Å². The summed E-state index contributed by atoms with van der Waals surface area (Å²) >= 11 is 0. The number of carbonyl (C=O) groups excluding carboxylic acids is 3. The highest BCUT2D eigenvalue weighted by Gasteiger charge is 2.19. The van der Waals surface area contributed by atoms with Crippen LogP contribution in [0.5, 0.6) is 0 Å². The van der Waals surface area contributed by atoms with Gasteiger partial charge in [0.1, 0.15) is 6.07 Å². The van der Waals surface area contributed by atoms with E-state index in [-0.39, 0.29) is 34.3 Å². The number of amides is 3. The van der Waals surface area contributed by atoms with Crippen LogP contribution in [-0.4, -0.2) is 97.9 Å². The average molecular weight is 577 g/mol. The summed E-state index contributed by atoms with van der Waals surface area (Å²) in [5, 5.41) is 25.7. The van der Waals surface area contributed by atoms with E-state index < -0.39 is 11.9 Å². The molecule has 14 heteroatoms. The van der Waals surface area contributed by atoms with Crippen LogP contribution in [0.2, 0.25) is 0 Å². The smallest absolute Gasteiger partial charge is 0.323 e. The highest BCUT2D eigenvalue weighted by Crippen LogP contribution is 2.20. The minimum Gasteiger partial charge on any atom is -0.352 e. The Kier molecular flexibility index (Phi) is 11.5. The Balaban J connectivity index is 1.77. The standard InChI is InChI=1S/C28H36N10O4/c1-37(2)11-5-9-30-25(39)18-13-19(26(40)31-10-6-12-38(3)4)15-21(14-18)35-36-24(17-29)27(41)32-20-7-8-22-23(16-20)34-28(42)33-22/h7-8,13-16,24H,5-6,9-12H2,1-4H3,(H,30,39)(H,31,40)(H,32,41)(H2,33,34,42). The Labute approximate surface area is 243 Å². The molecule has 1 aromatic heterocycles. The molecule has 14 nitrogen and oxygen atoms in total. The molecule has 1 atom stereocenters. The number of hydrogen-bond acceptors (Lipinski definition) is 9. The number of nitriles is 1. The van der Waals surface area contributed by atoms with Gasteiger partial charge in [-0.2, -0.15) is 15.5 Å². The number of H-pyrrole nitrogens is 2. The number of fused-ring (bicyclic) bond motifs is 1. The molecule has 222 valence electrons. The van der Waals surface area contributed by atoms with Gasteiger partial charge in [-0.05, 0) is 90.5 Å². The summed E-state index contributed by atoms with van der Waals surface area (Å²) in [7, 11) is 7.77. The number of imidazole rings is 1. The first-order chi connectivity index (χ1) is 20.0. The van der Waals surface area contributed by atoms with Gasteiger partial charge < -0.3 is 35.7 Å². The zero-order chi connectivity index (χ0) is 30.6. The number of nitrogens with zero attached hydrogens (tertiary/aromatic N) is 5. The van der Waals surface area contributed by atoms with E-state index in [1.54, 1.807) is 24.3 Å². The molecule has 0 saturated heterocycles. The normalized spacial score (nSPS) is 12.0. The summed E-state index contributed by atoms with van der Waals surface area (Å²) in [6, 6.07) is 9.35. The molecule has 0 spiro atoms. The van der Waals surface area contributed by atoms with E-state index in [9.17, 15) is 24.4 Å². The quantitative estimate of drug-likeness (QED) is 0.143. The van der Waals surface area contributed by atoms with Crippen molar-refractivity contribution in [3.8, 4) is 6.07 Å². The first-order valence-electron chi connectivity index (χ1n) is 13.4. The molecule has 2 aromatic carbocycles. The lowest BCUT2D eigenvalue weighted by molar-refractivity contribution is -0.116. The predicted molar refractivity (Wildman–Crippen MR) is 159 cm³/mol. The van der Waals surface area contributed by atoms with Gasteiger partial charge in [0.2, 0.25) is 6.04 Å². The lowest BCUT2D eigenvalue weighted by atomic mass is 10.1. The molecule has 0 fully saturated rings. The number of azo groups is 1. The van der Waals surface area contributed by atoms with E-state index in [1.807, 2.05) is 38.0 Å². The molecule has 0 saturated carbocycles. The van der Waals surface area contributed by atoms with E-state index in [4.69, 9.17) is 0 Å². The molecule has 1 unspecified atom stereocenters. The van der Waals surface area contributed by atoms with Crippen molar-refractivity contribution in [1.29, 1.82) is 5.26 Å². The lowest BCUT2D eigenvalue weighted by Crippen LogP contribution is -2.29. The zero-order valence-electron chi connectivity index (χ0n) is 24.2. The summed E-state index contributed by atoms with van der Waals surface area (Å²) in [6.07, 6.45) is 1.48. The number of hydrogen-bond donors (Lipinski definition) is 5. The average Bonchev–Trinajstić information content (AvgIpc) is 3.32. The minimum absolute atomic E-state index is 0.133. The second kappa shape index (κ2) is 15.2. The number of aromatic amines is 2. The predicted octanol–water partition coefficient (Wildman–Crippen LogP) is 1.83. The highest BCUT2D eigenvalue weighted by atomic mass is 16.2. The van der Waals surface area contributed by atoms with Gasteiger partial charge >= 0.3 is 5.69 Å². The van der Waals surface area contributed by atoms with Gasteiger partial charge in [0, 0.05) is 29.9 Å². The van der Waals surface area contributed by atoms with Gasteiger partial charge in [0.25, 0.3) is 17.7 Å². The third-order valence-corrected chi connectivity index (χ3v) is 6.02. The second-order valence-electron chi connectivity index (χ2n) is 10.2. The molecule has 3 rings (SSSR count). The number of rotatable bonds is 14. The van der Waals surface area contributed by atoms with Gasteiger partial charge in [-0.1, -0.05) is 0 Å². The van der Waals surface area contributed by atoms with E-state index in [0.29, 0.717) is 29.8 Å². The molecule has 42 heavy (non-hydrogen) atoms. The minimum atomic E-state index is -1.52. The van der Waals surface area contributed by atoms with Crippen LogP contribution in [0.3, 0.4) is 0 Å². The number of carbonyl (C=O) groups is 3. The van der Waals surface area contributed by atoms with Crippen LogP contribution in [0.1, 0.15) is 33.6 Å². The monoisotopic (exact) mass is 576 g/mol. The maximum atomic E-state index is 12.9. The number of anilines is 1. The molecule has 5 N–H and O–H groups in total. The van der Waals surface area contributed by atoms with Crippen molar-refractivity contribution in [3.05, 3.63) is 58.0 Å². The number of aromatic nitrogens is 2. The fourth-order valence-electron chi connectivity index (χ4n) is 3.91. The Morgan fingerprint density at radius 3 is 2.00 bits per heavy atom. The van der Waals surface area contributed by atoms with Crippen LogP contribution in [0.15, 0.2) is 51.4 Å². The van der Waals surface area contributed by atoms with Gasteiger partial charge in [-0.25, -0.2) is 4.79 Å². The van der Waals surface area contributed by atoms with Crippen molar-refractivity contribution in [1.82, 2.24) is 30.4 Å². The van der Waals surface area contributed by atoms with Crippen LogP contribution in [0.4, 0.5) is 11.4 Å². The zero-order valence-corrected chi connectivity index (χ0v) is 24.2. The molecule has 0 aliphatic carbocycles. The fourth-order valence-corrected chi connectivity index (χ4v) is 3.91. The van der Waals surface area contributed by atoms with Crippen LogP contribution in [0.25, 0.3) is 11.0 Å². The summed E-state index contributed by atoms with van der Waals surface area (Å²) < 4.78 is 0. The number of nitrogens with one attached hydrogen (secondary N) is 5. The van der Waals surface area contributed by atoms with E-state index in [2.05, 4.69) is 36.1 Å². The largest absolute Gasteiger partial charge is 0.352 e. The topological polar surface area (TPSA) is 191 Å². The molecule has 0 aliphatic heterocycles. The SMILES string of the molecule is CN(C)CCCNC(=O)c1cc(N=NC(C#N)C(=O)Nc2ccc3[nH]c(=O)[nH]c3c2)cc(C(=O)NCCCN(C)C)c1. The van der Waals surface area contributed by atoms with Crippen LogP contribution in [-0.2, 0) is 4.79 Å². The summed E-state index contributed by atoms with van der Waals surface area (Å²) in [5.74, 6) is -1.52. The van der Waals surface area contributed by atoms with E-state index in [0.717, 1.165) is 25.9 Å². The Morgan fingerprint density at radius 1 is 0.881 bits per heavy atom. The third-order valence-electron chi connectivity index (χ3n) is 6.02. The summed E-state index contributed by atoms with van der Waals surface area (Å²) in [4.78, 5) is 59.2. The molecule has 1 heterocycles. The first-order valence-corrected chi connectivity index (χ1v) is 13.4. The van der Waals surface area contributed by atoms with E-state index in [1.165, 1.54) is 18.2 Å². The maximum absolute atomic E-state index is 12.9. The van der Waals surface area contributed by atoms with Crippen LogP contribution in [0, 0.1) is 11.3 Å². The van der Waals surface area contributed by atoms with Crippen molar-refractivity contribution in [2.45, 2.75) is 18.9 Å². The Hall–Kier alpha value is -4.87. The lowest BCUT2D eigenvalue weighted by Gasteiger charge is -2.12. The molecule has 0 radical (unpaired) electrons. The van der Waals surface area contributed by atoms with Crippen molar-refractivity contribution in [2.24, 2.45) is 10.2 Å². The maximum Gasteiger partial charge on any atom is 0.323 e. The van der Waals surface area contributed by atoms with E-state index >= 15 is 0 Å². The van der Waals surface area contributed by atoms with Crippen molar-refractivity contribution in [3.63, 3.8) is 0 Å². The molecule has 0 bridgehead atoms. The molecular formula is C28H36N10O4. The van der Waals surface area contributed by atoms with Gasteiger partial charge in [0.15, 0.2) is 0 Å². The first kappa shape index (κ1) is 31.7. The molecule has 3 aromatic rings. The van der Waals surface area contributed by atoms with Crippen LogP contribution < -0.4 is 21.6 Å². The second-order valence-corrected chi connectivity index (χ2v) is 10.2. The van der Waals surface area contributed by atoms with Crippen molar-refractivity contribution in [2.75, 3.05) is 59.7 Å². The van der Waals surface area contributed by atoms with Crippen molar-refractivity contribution < 1.29 is 14.4 Å². The van der Waals surface area contributed by atoms with Crippen molar-refractivity contribution >= 4 is 40.1 Å². The third kappa shape index (κ3) is 9.65. The molecular weight excluding hydrogens is 540 g/mol. The fraction of sp³-hybridized carbons (Fsp3) is 0.393. The van der Waals surface area contributed by atoms with Gasteiger partial charge in [-0.3, -0.25) is 14.4 Å². The van der Waals surface area contributed by atoms with Gasteiger partial charge in [-0.15, -0.1) is 0 Å². The Morgan fingerprint density at radius 2 is 1.45 bits per heavy atom. The summed E-state index contributed by atoms with van der Waals surface area (Å²) in [6.45, 7) is 2.47. The highest BCUT2D eigenvalue weighted by molar-refractivity contribution is 6.01. The molecule has 3 amide bonds. The molecule has 0 aliphatic rings. The summed E-state index contributed by atoms with van der Waals surface area (Å²) in [5.41, 5.74) is 1.53. The van der Waals surface area contributed by atoms with Crippen LogP contribution >= 0.6 is 0 Å².